The number of hydrogen-bond donors (Lipinski definition) is 13. The Morgan fingerprint density at radius 2 is 1.09 bits per heavy atom. The van der Waals surface area contributed by atoms with Crippen LogP contribution in [0.25, 0.3) is 0 Å². The molecule has 21 heteroatoms. The molecule has 0 heterocycles. The number of carboxylic acids is 1. The van der Waals surface area contributed by atoms with E-state index >= 15 is 0 Å². The molecule has 312 valence electrons. The summed E-state index contributed by atoms with van der Waals surface area (Å²) in [4.78, 5) is 94.3. The Hall–Kier alpha value is -5.57. The van der Waals surface area contributed by atoms with Crippen molar-refractivity contribution in [1.82, 2.24) is 31.9 Å². The normalized spacial score (nSPS) is 15.5. The van der Waals surface area contributed by atoms with Crippen LogP contribution < -0.4 is 54.8 Å². The van der Waals surface area contributed by atoms with Crippen LogP contribution in [0.2, 0.25) is 0 Å². The van der Waals surface area contributed by atoms with Crippen LogP contribution in [0.15, 0.2) is 29.1 Å². The summed E-state index contributed by atoms with van der Waals surface area (Å²) in [5.41, 5.74) is 21.6. The fourth-order valence-electron chi connectivity index (χ4n) is 4.85. The minimum Gasteiger partial charge on any atom is -0.495 e. The molecule has 55 heavy (non-hydrogen) atoms. The van der Waals surface area contributed by atoms with Crippen LogP contribution in [0.5, 0.6) is 0 Å². The van der Waals surface area contributed by atoms with E-state index in [2.05, 4.69) is 36.9 Å². The van der Waals surface area contributed by atoms with Crippen molar-refractivity contribution >= 4 is 47.4 Å². The van der Waals surface area contributed by atoms with Crippen molar-refractivity contribution in [2.45, 2.75) is 110 Å². The highest BCUT2D eigenvalue weighted by Crippen LogP contribution is 2.12. The van der Waals surface area contributed by atoms with Gasteiger partial charge < -0.3 is 75.1 Å². The van der Waals surface area contributed by atoms with Crippen molar-refractivity contribution in [3.05, 3.63) is 30.7 Å². The summed E-state index contributed by atoms with van der Waals surface area (Å²) in [6.45, 7) is 12.3. The molecule has 0 spiro atoms. The molecule has 0 saturated heterocycles. The van der Waals surface area contributed by atoms with E-state index in [1.807, 2.05) is 0 Å². The summed E-state index contributed by atoms with van der Waals surface area (Å²) < 4.78 is 0. The van der Waals surface area contributed by atoms with Crippen LogP contribution in [0.3, 0.4) is 0 Å². The third-order valence-corrected chi connectivity index (χ3v) is 7.34. The molecule has 7 atom stereocenters. The van der Waals surface area contributed by atoms with E-state index in [0.29, 0.717) is 0 Å². The van der Waals surface area contributed by atoms with E-state index < -0.39 is 96.2 Å². The SMILES string of the molecule is CC(C)C[C@H](NC(=O)[C@H](/C=C/[CH-]N=C(N)N)NC(=O)[C@@H](N)/C=C(/N)O)C(=O)N[C@@H](CC(C)C)C(=O)N[C@@H](CC(C)C)C(=O)N[C@H](C(=O)NCC(=O)O)[C@@H](C)O. The van der Waals surface area contributed by atoms with Gasteiger partial charge in [0, 0.05) is 6.08 Å². The maximum absolute atomic E-state index is 13.8. The summed E-state index contributed by atoms with van der Waals surface area (Å²) >= 11 is 0. The standard InChI is InChI=1S/C34H60N11O10/c1-16(2)11-22(42-29(51)21(9-8-10-39-34(37)38)41-28(50)20(35)14-25(36)47)30(52)43-23(12-17(3)4)31(53)44-24(13-18(5)6)32(54)45-27(19(7)46)33(55)40-15-26(48)49/h8-10,14,16-24,27,46-47H,11-13,15,35-36H2,1-7H3,(H,40,55)(H,41,50)(H,42,51)(H,43,52)(H,44,53)(H,45,54)(H,48,49)(H4,37,38,39)/q-1/b9-8+,25-14-/t19-,20+,21+,22+,23+,24+,27+/m1/s1. The number of aliphatic hydroxyl groups is 2. The quantitative estimate of drug-likeness (QED) is 0.0199. The lowest BCUT2D eigenvalue weighted by Gasteiger charge is -2.29. The maximum Gasteiger partial charge on any atom is 0.322 e. The highest BCUT2D eigenvalue weighted by atomic mass is 16.4. The number of carbonyl (C=O) groups is 7. The molecule has 0 saturated carbocycles. The third kappa shape index (κ3) is 21.0. The Bertz CT molecular complexity index is 1410. The maximum atomic E-state index is 13.8. The fourth-order valence-corrected chi connectivity index (χ4v) is 4.85. The smallest absolute Gasteiger partial charge is 0.322 e. The van der Waals surface area contributed by atoms with Crippen molar-refractivity contribution < 1.29 is 48.9 Å². The lowest BCUT2D eigenvalue weighted by atomic mass is 9.98. The molecule has 0 fully saturated rings. The zero-order valence-corrected chi connectivity index (χ0v) is 32.4. The summed E-state index contributed by atoms with van der Waals surface area (Å²) in [7, 11) is 0. The van der Waals surface area contributed by atoms with Gasteiger partial charge in [0.1, 0.15) is 36.8 Å². The van der Waals surface area contributed by atoms with Gasteiger partial charge in [-0.25, -0.2) is 0 Å². The molecule has 0 aromatic rings. The topological polar surface area (TPSA) is 369 Å². The van der Waals surface area contributed by atoms with E-state index in [4.69, 9.17) is 28.0 Å². The second-order valence-corrected chi connectivity index (χ2v) is 14.1. The summed E-state index contributed by atoms with van der Waals surface area (Å²) in [5.74, 6) is -7.91. The first-order valence-corrected chi connectivity index (χ1v) is 17.6. The average molecular weight is 783 g/mol. The number of nitrogens with one attached hydrogen (secondary N) is 6. The number of nitrogens with two attached hydrogens (primary N) is 4. The lowest BCUT2D eigenvalue weighted by Crippen LogP contribution is -2.60. The highest BCUT2D eigenvalue weighted by molar-refractivity contribution is 5.97. The van der Waals surface area contributed by atoms with Gasteiger partial charge in [0.15, 0.2) is 5.88 Å². The summed E-state index contributed by atoms with van der Waals surface area (Å²) in [6, 6.07) is -8.13. The van der Waals surface area contributed by atoms with Gasteiger partial charge in [0.2, 0.25) is 35.4 Å². The number of aliphatic carboxylic acids is 1. The molecule has 0 radical (unpaired) electrons. The van der Waals surface area contributed by atoms with Gasteiger partial charge in [-0.1, -0.05) is 48.1 Å². The van der Waals surface area contributed by atoms with E-state index in [-0.39, 0.29) is 43.0 Å². The second kappa shape index (κ2) is 24.7. The van der Waals surface area contributed by atoms with Crippen molar-refractivity contribution in [1.29, 1.82) is 0 Å². The number of amides is 6. The molecule has 6 amide bonds. The van der Waals surface area contributed by atoms with Crippen LogP contribution in [-0.2, 0) is 33.6 Å². The van der Waals surface area contributed by atoms with Crippen LogP contribution in [0.1, 0.15) is 67.7 Å². The van der Waals surface area contributed by atoms with Gasteiger partial charge in [-0.2, -0.15) is 6.08 Å². The largest absolute Gasteiger partial charge is 0.495 e. The first-order chi connectivity index (χ1) is 25.4. The van der Waals surface area contributed by atoms with E-state index in [9.17, 15) is 43.8 Å². The van der Waals surface area contributed by atoms with Crippen molar-refractivity contribution in [2.24, 2.45) is 45.7 Å². The lowest BCUT2D eigenvalue weighted by molar-refractivity contribution is -0.139. The van der Waals surface area contributed by atoms with Gasteiger partial charge in [-0.3, -0.25) is 33.6 Å². The van der Waals surface area contributed by atoms with E-state index in [0.717, 1.165) is 12.6 Å². The van der Waals surface area contributed by atoms with Gasteiger partial charge in [0.05, 0.1) is 18.1 Å². The molecule has 0 aliphatic heterocycles. The Balaban J connectivity index is 6.38. The number of aliphatic hydroxyl groups excluding tert-OH is 2. The van der Waals surface area contributed by atoms with E-state index in [1.165, 1.54) is 19.1 Å². The minimum atomic E-state index is -1.54. The first-order valence-electron chi connectivity index (χ1n) is 17.6. The van der Waals surface area contributed by atoms with Crippen LogP contribution in [-0.4, -0.2) is 112 Å². The fraction of sp³-hybridized carbons (Fsp3) is 0.618. The number of hydrogen-bond acceptors (Lipinski definition) is 12. The molecule has 0 aliphatic carbocycles. The molecule has 0 rings (SSSR count). The molecule has 0 unspecified atom stereocenters. The highest BCUT2D eigenvalue weighted by Gasteiger charge is 2.34. The number of rotatable bonds is 24. The second-order valence-electron chi connectivity index (χ2n) is 14.1. The third-order valence-electron chi connectivity index (χ3n) is 7.34. The summed E-state index contributed by atoms with van der Waals surface area (Å²) in [6.07, 6.45) is 2.14. The predicted molar refractivity (Wildman–Crippen MR) is 202 cm³/mol. The molecule has 0 aliphatic rings. The molecular weight excluding hydrogens is 722 g/mol. The Morgan fingerprint density at radius 3 is 1.47 bits per heavy atom. The van der Waals surface area contributed by atoms with Crippen molar-refractivity contribution in [2.75, 3.05) is 6.54 Å². The number of guanidine groups is 1. The molecule has 17 N–H and O–H groups in total. The Labute approximate surface area is 320 Å². The minimum absolute atomic E-state index is 0.0841. The van der Waals surface area contributed by atoms with Crippen LogP contribution in [0, 0.1) is 24.3 Å². The van der Waals surface area contributed by atoms with Gasteiger partial charge in [-0.05, 0) is 43.9 Å². The van der Waals surface area contributed by atoms with Crippen LogP contribution in [0.4, 0.5) is 0 Å². The molecule has 0 aromatic carbocycles. The summed E-state index contributed by atoms with van der Waals surface area (Å²) in [5, 5.41) is 43.1. The van der Waals surface area contributed by atoms with E-state index in [1.54, 1.807) is 41.5 Å². The zero-order valence-electron chi connectivity index (χ0n) is 32.4. The number of carbonyl (C=O) groups excluding carboxylic acids is 6. The Morgan fingerprint density at radius 1 is 0.655 bits per heavy atom. The van der Waals surface area contributed by atoms with Crippen molar-refractivity contribution in [3.63, 3.8) is 0 Å². The van der Waals surface area contributed by atoms with Gasteiger partial charge >= 0.3 is 5.97 Å². The number of carboxylic acid groups (broad SMARTS) is 1. The number of aliphatic imine (C=N–C) groups is 1. The average Bonchev–Trinajstić information content (AvgIpc) is 3.04. The monoisotopic (exact) mass is 782 g/mol. The van der Waals surface area contributed by atoms with Gasteiger partial charge in [-0.15, -0.1) is 6.08 Å². The van der Waals surface area contributed by atoms with Gasteiger partial charge in [0.25, 0.3) is 0 Å². The molecule has 0 aromatic heterocycles. The number of nitrogens with zero attached hydrogens (tertiary/aromatic N) is 1. The zero-order chi connectivity index (χ0) is 42.6. The van der Waals surface area contributed by atoms with Crippen molar-refractivity contribution in [3.8, 4) is 0 Å². The Kier molecular flexibility index (Phi) is 22.2. The van der Waals surface area contributed by atoms with Crippen LogP contribution >= 0.6 is 0 Å². The first kappa shape index (κ1) is 49.4. The molecule has 21 nitrogen and oxygen atoms in total. The molecule has 0 bridgehead atoms. The predicted octanol–water partition coefficient (Wildman–Crippen LogP) is -3.19. The molecular formula is C34H60N11O10-.